The molecule has 0 aromatic carbocycles. The molecule has 1 saturated heterocycles. The van der Waals surface area contributed by atoms with Crippen LogP contribution in [0, 0.1) is 40.4 Å². The molecule has 4 fully saturated rings. The minimum absolute atomic E-state index is 0.190. The lowest BCUT2D eigenvalue weighted by Gasteiger charge is -2.59. The maximum Gasteiger partial charge on any atom is 0.302 e. The standard InChI is InChI=1S/C30H46O4/c1-18(2)19(3)8-9-20(4)23-10-11-24-25-13-15-29(32)16-22(33-21(5)31)12-14-28(29,7)30(25)26(34-30)17-27(23,24)6/h8-9,13,18-20,22-24,26,32H,10-12,14-17H2,1-7H3. The van der Waals surface area contributed by atoms with Gasteiger partial charge in [0.1, 0.15) is 11.7 Å². The van der Waals surface area contributed by atoms with Crippen LogP contribution in [0.25, 0.3) is 0 Å². The molecule has 0 radical (unpaired) electrons. The van der Waals surface area contributed by atoms with Crippen molar-refractivity contribution in [3.63, 3.8) is 0 Å². The highest BCUT2D eigenvalue weighted by Gasteiger charge is 2.80. The zero-order chi connectivity index (χ0) is 24.7. The number of aliphatic hydroxyl groups is 1. The molecule has 34 heavy (non-hydrogen) atoms. The third-order valence-corrected chi connectivity index (χ3v) is 11.3. The molecule has 1 aliphatic heterocycles. The summed E-state index contributed by atoms with van der Waals surface area (Å²) in [6.07, 6.45) is 13.7. The monoisotopic (exact) mass is 470 g/mol. The van der Waals surface area contributed by atoms with Crippen LogP contribution in [0.15, 0.2) is 23.8 Å². The number of fused-ring (bicyclic) bond motifs is 3. The number of allylic oxidation sites excluding steroid dienone is 2. The number of hydrogen-bond donors (Lipinski definition) is 1. The predicted octanol–water partition coefficient (Wildman–Crippen LogP) is 6.23. The Morgan fingerprint density at radius 3 is 2.56 bits per heavy atom. The maximum absolute atomic E-state index is 12.0. The fourth-order valence-corrected chi connectivity index (χ4v) is 8.87. The van der Waals surface area contributed by atoms with E-state index in [4.69, 9.17) is 9.47 Å². The number of esters is 1. The summed E-state index contributed by atoms with van der Waals surface area (Å²) in [5.74, 6) is 2.82. The van der Waals surface area contributed by atoms with Crippen molar-refractivity contribution in [2.75, 3.05) is 0 Å². The van der Waals surface area contributed by atoms with Crippen molar-refractivity contribution in [3.05, 3.63) is 23.8 Å². The smallest absolute Gasteiger partial charge is 0.302 e. The normalized spacial score (nSPS) is 48.9. The van der Waals surface area contributed by atoms with Gasteiger partial charge < -0.3 is 14.6 Å². The molecule has 4 aliphatic carbocycles. The van der Waals surface area contributed by atoms with Crippen LogP contribution in [0.4, 0.5) is 0 Å². The van der Waals surface area contributed by atoms with Crippen molar-refractivity contribution >= 4 is 5.97 Å². The molecule has 0 aromatic rings. The first-order valence-corrected chi connectivity index (χ1v) is 13.8. The van der Waals surface area contributed by atoms with Crippen LogP contribution < -0.4 is 0 Å². The minimum Gasteiger partial charge on any atom is -0.462 e. The minimum atomic E-state index is -0.877. The van der Waals surface area contributed by atoms with Crippen molar-refractivity contribution < 1.29 is 19.4 Å². The Bertz CT molecular complexity index is 905. The maximum atomic E-state index is 12.0. The van der Waals surface area contributed by atoms with Gasteiger partial charge in [-0.05, 0) is 79.1 Å². The van der Waals surface area contributed by atoms with Gasteiger partial charge in [0, 0.05) is 18.8 Å². The molecular formula is C30H46O4. The van der Waals surface area contributed by atoms with Gasteiger partial charge in [-0.3, -0.25) is 4.79 Å². The average Bonchev–Trinajstić information content (AvgIpc) is 3.36. The van der Waals surface area contributed by atoms with E-state index in [1.807, 2.05) is 0 Å². The summed E-state index contributed by atoms with van der Waals surface area (Å²) in [5.41, 5.74) is 0.244. The lowest BCUT2D eigenvalue weighted by atomic mass is 9.46. The topological polar surface area (TPSA) is 59.1 Å². The molecule has 10 atom stereocenters. The highest BCUT2D eigenvalue weighted by molar-refractivity contribution is 5.66. The number of ether oxygens (including phenoxy) is 2. The molecule has 5 aliphatic rings. The van der Waals surface area contributed by atoms with E-state index in [9.17, 15) is 9.90 Å². The zero-order valence-electron chi connectivity index (χ0n) is 22.4. The zero-order valence-corrected chi connectivity index (χ0v) is 22.4. The first-order chi connectivity index (χ1) is 15.9. The molecule has 0 amide bonds. The van der Waals surface area contributed by atoms with Gasteiger partial charge in [-0.15, -0.1) is 0 Å². The van der Waals surface area contributed by atoms with Crippen LogP contribution in [0.1, 0.15) is 93.4 Å². The molecule has 1 heterocycles. The van der Waals surface area contributed by atoms with Gasteiger partial charge in [0.15, 0.2) is 0 Å². The Morgan fingerprint density at radius 1 is 1.15 bits per heavy atom. The Morgan fingerprint density at radius 2 is 1.88 bits per heavy atom. The van der Waals surface area contributed by atoms with E-state index in [1.54, 1.807) is 0 Å². The van der Waals surface area contributed by atoms with Crippen molar-refractivity contribution in [3.8, 4) is 0 Å². The molecule has 5 rings (SSSR count). The SMILES string of the molecule is CC(=O)OC1CCC2(C)C(O)(CC=C3C4CCC(C(C)C=CC(C)C(C)C)C4(C)CC4OC342)C1. The Hall–Kier alpha value is -1.13. The summed E-state index contributed by atoms with van der Waals surface area (Å²) in [5, 5.41) is 12.0. The Kier molecular flexibility index (Phi) is 5.73. The van der Waals surface area contributed by atoms with Gasteiger partial charge >= 0.3 is 5.97 Å². The molecule has 3 saturated carbocycles. The second kappa shape index (κ2) is 7.93. The molecule has 10 unspecified atom stereocenters. The molecule has 0 aromatic heterocycles. The summed E-state index contributed by atoms with van der Waals surface area (Å²) in [6, 6.07) is 0. The lowest BCUT2D eigenvalue weighted by molar-refractivity contribution is -0.183. The fourth-order valence-electron chi connectivity index (χ4n) is 8.87. The van der Waals surface area contributed by atoms with Crippen LogP contribution in [-0.4, -0.2) is 34.5 Å². The van der Waals surface area contributed by atoms with Gasteiger partial charge in [-0.1, -0.05) is 59.8 Å². The van der Waals surface area contributed by atoms with E-state index in [2.05, 4.69) is 59.8 Å². The second-order valence-electron chi connectivity index (χ2n) is 13.3. The molecule has 4 heteroatoms. The van der Waals surface area contributed by atoms with E-state index >= 15 is 0 Å². The van der Waals surface area contributed by atoms with Gasteiger partial charge in [0.05, 0.1) is 11.7 Å². The quantitative estimate of drug-likeness (QED) is 0.294. The van der Waals surface area contributed by atoms with E-state index in [-0.39, 0.29) is 34.6 Å². The average molecular weight is 471 g/mol. The summed E-state index contributed by atoms with van der Waals surface area (Å²) < 4.78 is 12.3. The summed E-state index contributed by atoms with van der Waals surface area (Å²) >= 11 is 0. The van der Waals surface area contributed by atoms with Crippen LogP contribution in [0.2, 0.25) is 0 Å². The number of hydrogen-bond acceptors (Lipinski definition) is 4. The highest BCUT2D eigenvalue weighted by atomic mass is 16.6. The van der Waals surface area contributed by atoms with Crippen molar-refractivity contribution in [2.24, 2.45) is 40.4 Å². The third kappa shape index (κ3) is 3.26. The van der Waals surface area contributed by atoms with E-state index < -0.39 is 5.60 Å². The number of carbonyl (C=O) groups excluding carboxylic acids is 1. The first kappa shape index (κ1) is 24.6. The van der Waals surface area contributed by atoms with E-state index in [0.29, 0.717) is 42.4 Å². The van der Waals surface area contributed by atoms with Gasteiger partial charge in [0.25, 0.3) is 0 Å². The van der Waals surface area contributed by atoms with Gasteiger partial charge in [-0.2, -0.15) is 0 Å². The molecule has 1 N–H and O–H groups in total. The molecule has 0 bridgehead atoms. The summed E-state index contributed by atoms with van der Waals surface area (Å²) in [7, 11) is 0. The Balaban J connectivity index is 1.41. The fraction of sp³-hybridized carbons (Fsp3) is 0.833. The van der Waals surface area contributed by atoms with Crippen LogP contribution in [-0.2, 0) is 14.3 Å². The van der Waals surface area contributed by atoms with E-state index in [0.717, 1.165) is 19.3 Å². The largest absolute Gasteiger partial charge is 0.462 e. The number of epoxide rings is 1. The number of rotatable bonds is 5. The molecule has 4 nitrogen and oxygen atoms in total. The molecular weight excluding hydrogens is 424 g/mol. The van der Waals surface area contributed by atoms with Gasteiger partial charge in [-0.25, -0.2) is 0 Å². The van der Waals surface area contributed by atoms with Crippen LogP contribution in [0.5, 0.6) is 0 Å². The van der Waals surface area contributed by atoms with Crippen LogP contribution in [0.3, 0.4) is 0 Å². The van der Waals surface area contributed by atoms with Crippen molar-refractivity contribution in [1.29, 1.82) is 0 Å². The summed E-state index contributed by atoms with van der Waals surface area (Å²) in [6.45, 7) is 15.6. The second-order valence-corrected chi connectivity index (χ2v) is 13.3. The first-order valence-electron chi connectivity index (χ1n) is 13.8. The van der Waals surface area contributed by atoms with Crippen molar-refractivity contribution in [1.82, 2.24) is 0 Å². The molecule has 190 valence electrons. The van der Waals surface area contributed by atoms with Crippen molar-refractivity contribution in [2.45, 2.75) is 117 Å². The Labute approximate surface area is 206 Å². The predicted molar refractivity (Wildman–Crippen MR) is 134 cm³/mol. The molecule has 1 spiro atoms. The number of carbonyl (C=O) groups is 1. The lowest BCUT2D eigenvalue weighted by Crippen LogP contribution is -2.64. The highest BCUT2D eigenvalue weighted by Crippen LogP contribution is 2.76. The van der Waals surface area contributed by atoms with Crippen LogP contribution >= 0.6 is 0 Å². The summed E-state index contributed by atoms with van der Waals surface area (Å²) in [4.78, 5) is 11.6. The van der Waals surface area contributed by atoms with Gasteiger partial charge in [0.2, 0.25) is 0 Å². The third-order valence-electron chi connectivity index (χ3n) is 11.3. The van der Waals surface area contributed by atoms with E-state index in [1.165, 1.54) is 25.3 Å².